The van der Waals surface area contributed by atoms with E-state index in [0.717, 1.165) is 18.6 Å². The summed E-state index contributed by atoms with van der Waals surface area (Å²) >= 11 is 0. The van der Waals surface area contributed by atoms with Gasteiger partial charge in [-0.15, -0.1) is 0 Å². The first-order valence-corrected chi connectivity index (χ1v) is 14.3. The van der Waals surface area contributed by atoms with E-state index in [1.165, 1.54) is 0 Å². The van der Waals surface area contributed by atoms with Crippen LogP contribution in [-0.2, 0) is 4.79 Å². The number of ketones is 1. The molecule has 0 aromatic rings. The summed E-state index contributed by atoms with van der Waals surface area (Å²) in [7, 11) is -2.32. The van der Waals surface area contributed by atoms with Crippen LogP contribution in [-0.4, -0.2) is 40.6 Å². The van der Waals surface area contributed by atoms with Gasteiger partial charge in [0.1, 0.15) is 5.78 Å². The van der Waals surface area contributed by atoms with E-state index in [4.69, 9.17) is 5.73 Å². The van der Waals surface area contributed by atoms with Crippen LogP contribution in [0, 0.1) is 0 Å². The molecule has 0 unspecified atom stereocenters. The lowest BCUT2D eigenvalue weighted by atomic mass is 10.2. The van der Waals surface area contributed by atoms with Crippen LogP contribution in [0.15, 0.2) is 0 Å². The second-order valence-electron chi connectivity index (χ2n) is 7.86. The molecule has 0 aromatic carbocycles. The summed E-state index contributed by atoms with van der Waals surface area (Å²) < 4.78 is 0. The van der Waals surface area contributed by atoms with E-state index < -0.39 is 16.1 Å². The number of nitrogens with one attached hydrogen (secondary N) is 1. The second kappa shape index (κ2) is 6.98. The largest absolute Gasteiger partial charge is 0.327 e. The van der Waals surface area contributed by atoms with E-state index >= 15 is 0 Å². The van der Waals surface area contributed by atoms with Gasteiger partial charge in [0.2, 0.25) is 0 Å². The van der Waals surface area contributed by atoms with Crippen molar-refractivity contribution in [1.82, 2.24) is 5.32 Å². The van der Waals surface area contributed by atoms with Gasteiger partial charge in [0.05, 0.1) is 6.04 Å². The first-order chi connectivity index (χ1) is 7.91. The van der Waals surface area contributed by atoms with Crippen molar-refractivity contribution in [2.24, 2.45) is 5.73 Å². The first-order valence-electron chi connectivity index (χ1n) is 6.90. The molecule has 0 amide bonds. The van der Waals surface area contributed by atoms with E-state index in [9.17, 15) is 4.79 Å². The van der Waals surface area contributed by atoms with E-state index in [1.54, 1.807) is 6.92 Å². The van der Waals surface area contributed by atoms with Crippen molar-refractivity contribution in [3.05, 3.63) is 0 Å². The zero-order valence-electron chi connectivity index (χ0n) is 13.3. The average molecular weight is 289 g/mol. The van der Waals surface area contributed by atoms with Crippen molar-refractivity contribution in [3.63, 3.8) is 0 Å². The minimum absolute atomic E-state index is 0.00403. The number of rotatable bonds is 8. The van der Waals surface area contributed by atoms with Crippen LogP contribution in [0.1, 0.15) is 6.92 Å². The summed E-state index contributed by atoms with van der Waals surface area (Å²) in [6.07, 6.45) is 0. The summed E-state index contributed by atoms with van der Waals surface area (Å²) in [5.41, 5.74) is 6.14. The molecule has 3 nitrogen and oxygen atoms in total. The molecule has 0 aromatic heterocycles. The normalized spacial score (nSPS) is 16.4. The van der Waals surface area contributed by atoms with Crippen LogP contribution < -0.4 is 11.1 Å². The zero-order valence-corrected chi connectivity index (χ0v) is 15.3. The van der Waals surface area contributed by atoms with Gasteiger partial charge in [-0.25, -0.2) is 0 Å². The number of hydrogen-bond acceptors (Lipinski definition) is 3. The molecule has 0 aliphatic carbocycles. The molecule has 0 bridgehead atoms. The Balaban J connectivity index is 4.24. The molecule has 18 heavy (non-hydrogen) atoms. The zero-order chi connectivity index (χ0) is 14.6. The molecule has 2 atom stereocenters. The maximum absolute atomic E-state index is 11.6. The average Bonchev–Trinajstić information content (AvgIpc) is 2.06. The smallest absolute Gasteiger partial charge is 0.146 e. The summed E-state index contributed by atoms with van der Waals surface area (Å²) in [5, 5.41) is 3.38. The lowest BCUT2D eigenvalue weighted by Gasteiger charge is -2.27. The molecule has 108 valence electrons. The van der Waals surface area contributed by atoms with Gasteiger partial charge in [0.15, 0.2) is 0 Å². The lowest BCUT2D eigenvalue weighted by Crippen LogP contribution is -2.47. The lowest BCUT2D eigenvalue weighted by molar-refractivity contribution is -0.118. The van der Waals surface area contributed by atoms with Gasteiger partial charge in [-0.05, 0) is 19.0 Å². The van der Waals surface area contributed by atoms with Crippen LogP contribution in [0.25, 0.3) is 0 Å². The van der Waals surface area contributed by atoms with Gasteiger partial charge in [-0.3, -0.25) is 4.79 Å². The Labute approximate surface area is 115 Å². The monoisotopic (exact) mass is 288 g/mol. The van der Waals surface area contributed by atoms with Crippen LogP contribution in [0.5, 0.6) is 0 Å². The van der Waals surface area contributed by atoms with Crippen LogP contribution in [0.4, 0.5) is 0 Å². The third-order valence-corrected chi connectivity index (χ3v) is 6.19. The fourth-order valence-corrected chi connectivity index (χ4v) is 5.50. The number of carbonyl (C=O) groups is 1. The fourth-order valence-electron chi connectivity index (χ4n) is 2.12. The van der Waals surface area contributed by atoms with Crippen molar-refractivity contribution in [2.75, 3.05) is 6.54 Å². The molecule has 0 saturated carbocycles. The Bertz CT molecular complexity index is 269. The van der Waals surface area contributed by atoms with Crippen LogP contribution in [0.3, 0.4) is 0 Å². The summed E-state index contributed by atoms with van der Waals surface area (Å²) in [5.74, 6) is 0.248. The third kappa shape index (κ3) is 9.99. The van der Waals surface area contributed by atoms with Crippen molar-refractivity contribution in [2.45, 2.75) is 70.4 Å². The molecular formula is C13H32N2OSi2. The highest BCUT2D eigenvalue weighted by Gasteiger charge is 2.24. The van der Waals surface area contributed by atoms with Crippen LogP contribution in [0.2, 0.25) is 51.4 Å². The Hall–Kier alpha value is 0.0238. The van der Waals surface area contributed by atoms with Gasteiger partial charge in [0, 0.05) is 28.7 Å². The molecule has 0 heterocycles. The maximum Gasteiger partial charge on any atom is 0.146 e. The van der Waals surface area contributed by atoms with E-state index in [-0.39, 0.29) is 17.9 Å². The SMILES string of the molecule is CC(=O)[C@H](C[Si](C)(C)C)NC[C@@H](N)C[Si](C)(C)C. The quantitative estimate of drug-likeness (QED) is 0.675. The van der Waals surface area contributed by atoms with Crippen molar-refractivity contribution < 1.29 is 4.79 Å². The first kappa shape index (κ1) is 18.0. The Morgan fingerprint density at radius 2 is 1.50 bits per heavy atom. The number of nitrogens with two attached hydrogens (primary N) is 1. The van der Waals surface area contributed by atoms with Gasteiger partial charge < -0.3 is 11.1 Å². The Kier molecular flexibility index (Phi) is 6.99. The molecule has 0 aliphatic rings. The molecule has 0 aliphatic heterocycles. The highest BCUT2D eigenvalue weighted by Crippen LogP contribution is 2.13. The molecule has 0 fully saturated rings. The van der Waals surface area contributed by atoms with Gasteiger partial charge in [0.25, 0.3) is 0 Å². The molecule has 0 saturated heterocycles. The number of hydrogen-bond donors (Lipinski definition) is 2. The highest BCUT2D eigenvalue weighted by molar-refractivity contribution is 6.76. The molecule has 0 radical (unpaired) electrons. The topological polar surface area (TPSA) is 55.1 Å². The summed E-state index contributed by atoms with van der Waals surface area (Å²) in [4.78, 5) is 11.6. The van der Waals surface area contributed by atoms with Crippen molar-refractivity contribution >= 4 is 21.9 Å². The van der Waals surface area contributed by atoms with Crippen LogP contribution >= 0.6 is 0 Å². The summed E-state index contributed by atoms with van der Waals surface area (Å²) in [6.45, 7) is 16.3. The molecular weight excluding hydrogens is 256 g/mol. The fraction of sp³-hybridized carbons (Fsp3) is 0.923. The molecule has 3 N–H and O–H groups in total. The van der Waals surface area contributed by atoms with E-state index in [0.29, 0.717) is 0 Å². The molecule has 5 heteroatoms. The van der Waals surface area contributed by atoms with Crippen molar-refractivity contribution in [1.29, 1.82) is 0 Å². The van der Waals surface area contributed by atoms with E-state index in [2.05, 4.69) is 44.6 Å². The third-order valence-electron chi connectivity index (χ3n) is 2.81. The van der Waals surface area contributed by atoms with Gasteiger partial charge >= 0.3 is 0 Å². The number of carbonyl (C=O) groups excluding carboxylic acids is 1. The second-order valence-corrected chi connectivity index (χ2v) is 18.9. The minimum atomic E-state index is -1.22. The summed E-state index contributed by atoms with van der Waals surface area (Å²) in [6, 6.07) is 2.30. The predicted octanol–water partition coefficient (Wildman–Crippen LogP) is 2.54. The van der Waals surface area contributed by atoms with Gasteiger partial charge in [-0.1, -0.05) is 39.3 Å². The number of Topliss-reactive ketones (excluding diaryl/α,β-unsaturated/α-hetero) is 1. The molecule has 0 rings (SSSR count). The maximum atomic E-state index is 11.6. The Morgan fingerprint density at radius 3 is 1.83 bits per heavy atom. The van der Waals surface area contributed by atoms with Gasteiger partial charge in [-0.2, -0.15) is 0 Å². The molecule has 0 spiro atoms. The standard InChI is InChI=1S/C13H32N2OSi2/c1-11(16)13(10-18(5,6)7)15-8-12(14)9-17(2,3)4/h12-13,15H,8-10,14H2,1-7H3/t12-,13+/m1/s1. The van der Waals surface area contributed by atoms with Crippen molar-refractivity contribution in [3.8, 4) is 0 Å². The predicted molar refractivity (Wildman–Crippen MR) is 86.8 cm³/mol. The minimum Gasteiger partial charge on any atom is -0.327 e. The van der Waals surface area contributed by atoms with E-state index in [1.807, 2.05) is 0 Å². The Morgan fingerprint density at radius 1 is 1.06 bits per heavy atom. The highest BCUT2D eigenvalue weighted by atomic mass is 28.3.